The van der Waals surface area contributed by atoms with E-state index in [1.54, 1.807) is 0 Å². The molecule has 1 saturated heterocycles. The van der Waals surface area contributed by atoms with Crippen molar-refractivity contribution in [3.8, 4) is 0 Å². The van der Waals surface area contributed by atoms with E-state index in [1.807, 2.05) is 34.9 Å². The lowest BCUT2D eigenvalue weighted by Crippen LogP contribution is -2.24. The molecule has 140 valence electrons. The first-order valence-electron chi connectivity index (χ1n) is 9.10. The van der Waals surface area contributed by atoms with Gasteiger partial charge in [0.05, 0.1) is 0 Å². The van der Waals surface area contributed by atoms with Crippen LogP contribution in [0.4, 0.5) is 0 Å². The number of guanidine groups is 1. The number of aliphatic imine (C=N–C) groups is 1. The number of hydrogen-bond acceptors (Lipinski definition) is 3. The van der Waals surface area contributed by atoms with Gasteiger partial charge in [0.1, 0.15) is 5.69 Å². The summed E-state index contributed by atoms with van der Waals surface area (Å²) in [5.41, 5.74) is 12.2. The molecule has 4 N–H and O–H groups in total. The summed E-state index contributed by atoms with van der Waals surface area (Å²) in [6.07, 6.45) is 4.97. The van der Waals surface area contributed by atoms with E-state index in [4.69, 9.17) is 20.9 Å². The highest BCUT2D eigenvalue weighted by Gasteiger charge is 2.16. The van der Waals surface area contributed by atoms with Gasteiger partial charge < -0.3 is 25.5 Å². The third-order valence-corrected chi connectivity index (χ3v) is 4.48. The summed E-state index contributed by atoms with van der Waals surface area (Å²) in [5, 5.41) is 0.994. The van der Waals surface area contributed by atoms with Gasteiger partial charge in [-0.05, 0) is 44.2 Å². The van der Waals surface area contributed by atoms with Crippen molar-refractivity contribution in [3.63, 3.8) is 0 Å². The van der Waals surface area contributed by atoms with Crippen LogP contribution < -0.4 is 11.5 Å². The van der Waals surface area contributed by atoms with Crippen LogP contribution in [0.3, 0.4) is 0 Å². The summed E-state index contributed by atoms with van der Waals surface area (Å²) in [6, 6.07) is 9.70. The van der Waals surface area contributed by atoms with Crippen LogP contribution in [0.25, 0.3) is 10.9 Å². The second-order valence-corrected chi connectivity index (χ2v) is 6.46. The Labute approximate surface area is 153 Å². The summed E-state index contributed by atoms with van der Waals surface area (Å²) < 4.78 is 13.3. The maximum Gasteiger partial charge on any atom is 0.296 e. The van der Waals surface area contributed by atoms with E-state index in [0.29, 0.717) is 18.8 Å². The lowest BCUT2D eigenvalue weighted by Gasteiger charge is -2.22. The van der Waals surface area contributed by atoms with Crippen LogP contribution in [0.1, 0.15) is 42.6 Å². The Morgan fingerprint density at radius 3 is 2.88 bits per heavy atom. The molecule has 1 atom stereocenters. The van der Waals surface area contributed by atoms with Crippen LogP contribution in [-0.2, 0) is 16.0 Å². The van der Waals surface area contributed by atoms with E-state index in [0.717, 1.165) is 49.6 Å². The largest absolute Gasteiger partial charge is 0.370 e. The fourth-order valence-electron chi connectivity index (χ4n) is 3.23. The smallest absolute Gasteiger partial charge is 0.296 e. The Hall–Kier alpha value is -2.38. The average molecular weight is 358 g/mol. The topological polar surface area (TPSA) is 105 Å². The predicted octanol–water partition coefficient (Wildman–Crippen LogP) is 2.38. The van der Waals surface area contributed by atoms with Gasteiger partial charge in [-0.25, -0.2) is 0 Å². The fourth-order valence-corrected chi connectivity index (χ4v) is 3.23. The van der Waals surface area contributed by atoms with Gasteiger partial charge >= 0.3 is 0 Å². The molecule has 2 aromatic rings. The molecular weight excluding hydrogens is 332 g/mol. The predicted molar refractivity (Wildman–Crippen MR) is 101 cm³/mol. The van der Waals surface area contributed by atoms with Crippen LogP contribution in [0.5, 0.6) is 0 Å². The molecule has 26 heavy (non-hydrogen) atoms. The molecule has 1 unspecified atom stereocenters. The van der Waals surface area contributed by atoms with Crippen LogP contribution in [0, 0.1) is 0 Å². The summed E-state index contributed by atoms with van der Waals surface area (Å²) >= 11 is 0. The van der Waals surface area contributed by atoms with Crippen molar-refractivity contribution in [1.29, 1.82) is 0 Å². The van der Waals surface area contributed by atoms with E-state index < -0.39 is 5.91 Å². The molecule has 1 aliphatic heterocycles. The molecule has 3 rings (SSSR count). The number of hydrogen-bond donors (Lipinski definition) is 2. The van der Waals surface area contributed by atoms with Crippen molar-refractivity contribution in [1.82, 2.24) is 4.57 Å². The van der Waals surface area contributed by atoms with Crippen molar-refractivity contribution in [2.75, 3.05) is 13.2 Å². The zero-order valence-electron chi connectivity index (χ0n) is 14.9. The fraction of sp³-hybridized carbons (Fsp3) is 0.474. The number of unbranched alkanes of at least 4 members (excludes halogenated alkanes) is 1. The van der Waals surface area contributed by atoms with Crippen molar-refractivity contribution >= 4 is 22.8 Å². The standard InChI is InChI=1S/C19H26N4O3/c20-19(21)22-18(24)16-13-14-7-1-2-8-15(14)23(16)10-4-6-12-26-17-9-3-5-11-25-17/h1-2,7-8,13,17H,3-6,9-12H2,(H4,20,21,22,24). The van der Waals surface area contributed by atoms with E-state index in [2.05, 4.69) is 4.99 Å². The van der Waals surface area contributed by atoms with E-state index in [1.165, 1.54) is 0 Å². The van der Waals surface area contributed by atoms with Gasteiger partial charge in [-0.2, -0.15) is 4.99 Å². The highest BCUT2D eigenvalue weighted by atomic mass is 16.7. The molecule has 0 bridgehead atoms. The number of para-hydroxylation sites is 1. The van der Waals surface area contributed by atoms with Gasteiger partial charge in [-0.3, -0.25) is 4.79 Å². The zero-order chi connectivity index (χ0) is 18.4. The number of nitrogens with two attached hydrogens (primary N) is 2. The van der Waals surface area contributed by atoms with Crippen LogP contribution in [0.15, 0.2) is 35.3 Å². The first-order chi connectivity index (χ1) is 12.6. The Kier molecular flexibility index (Phi) is 6.25. The number of carbonyl (C=O) groups is 1. The lowest BCUT2D eigenvalue weighted by molar-refractivity contribution is -0.162. The van der Waals surface area contributed by atoms with Gasteiger partial charge in [-0.1, -0.05) is 18.2 Å². The number of benzene rings is 1. The highest BCUT2D eigenvalue weighted by molar-refractivity contribution is 6.04. The average Bonchev–Trinajstić information content (AvgIpc) is 3.01. The molecule has 7 nitrogen and oxygen atoms in total. The molecule has 1 aliphatic rings. The minimum Gasteiger partial charge on any atom is -0.370 e. The van der Waals surface area contributed by atoms with E-state index >= 15 is 0 Å². The first kappa shape index (κ1) is 18.4. The molecule has 1 fully saturated rings. The molecule has 7 heteroatoms. The molecule has 1 aromatic carbocycles. The van der Waals surface area contributed by atoms with Crippen molar-refractivity contribution < 1.29 is 14.3 Å². The molecular formula is C19H26N4O3. The molecule has 0 saturated carbocycles. The minimum absolute atomic E-state index is 0.0600. The molecule has 0 aliphatic carbocycles. The quantitative estimate of drug-likeness (QED) is 0.449. The minimum atomic E-state index is -0.423. The number of nitrogens with zero attached hydrogens (tertiary/aromatic N) is 2. The maximum absolute atomic E-state index is 12.3. The van der Waals surface area contributed by atoms with Gasteiger partial charge in [0.2, 0.25) is 0 Å². The van der Waals surface area contributed by atoms with E-state index in [9.17, 15) is 4.79 Å². The number of rotatable bonds is 7. The lowest BCUT2D eigenvalue weighted by atomic mass is 10.2. The Morgan fingerprint density at radius 1 is 1.27 bits per heavy atom. The van der Waals surface area contributed by atoms with E-state index in [-0.39, 0.29) is 12.2 Å². The summed E-state index contributed by atoms with van der Waals surface area (Å²) in [5.74, 6) is -0.652. The number of ether oxygens (including phenoxy) is 2. The third kappa shape index (κ3) is 4.62. The monoisotopic (exact) mass is 358 g/mol. The van der Waals surface area contributed by atoms with Gasteiger partial charge in [0.15, 0.2) is 12.2 Å². The molecule has 1 amide bonds. The number of aromatic nitrogens is 1. The normalized spacial score (nSPS) is 17.3. The van der Waals surface area contributed by atoms with Crippen LogP contribution >= 0.6 is 0 Å². The Morgan fingerprint density at radius 2 is 2.12 bits per heavy atom. The molecule has 0 radical (unpaired) electrons. The third-order valence-electron chi connectivity index (χ3n) is 4.48. The molecule has 0 spiro atoms. The number of carbonyl (C=O) groups excluding carboxylic acids is 1. The number of amides is 1. The summed E-state index contributed by atoms with van der Waals surface area (Å²) in [4.78, 5) is 16.0. The van der Waals surface area contributed by atoms with Crippen molar-refractivity contribution in [3.05, 3.63) is 36.0 Å². The maximum atomic E-state index is 12.3. The molecule has 1 aromatic heterocycles. The summed E-state index contributed by atoms with van der Waals surface area (Å²) in [7, 11) is 0. The van der Waals surface area contributed by atoms with Crippen LogP contribution in [-0.4, -0.2) is 35.9 Å². The van der Waals surface area contributed by atoms with Gasteiger partial charge in [0, 0.05) is 30.7 Å². The second kappa shape index (κ2) is 8.82. The van der Waals surface area contributed by atoms with Crippen molar-refractivity contribution in [2.24, 2.45) is 16.5 Å². The second-order valence-electron chi connectivity index (χ2n) is 6.46. The zero-order valence-corrected chi connectivity index (χ0v) is 14.9. The Balaban J connectivity index is 1.62. The van der Waals surface area contributed by atoms with Gasteiger partial charge in [0.25, 0.3) is 5.91 Å². The highest BCUT2D eigenvalue weighted by Crippen LogP contribution is 2.21. The number of fused-ring (bicyclic) bond motifs is 1. The van der Waals surface area contributed by atoms with Gasteiger partial charge in [-0.15, -0.1) is 0 Å². The van der Waals surface area contributed by atoms with Crippen molar-refractivity contribution in [2.45, 2.75) is 44.9 Å². The Bertz CT molecular complexity index is 774. The SMILES string of the molecule is NC(N)=NC(=O)c1cc2ccccc2n1CCCCOC1CCCCO1. The number of aryl methyl sites for hydroxylation is 1. The summed E-state index contributed by atoms with van der Waals surface area (Å²) in [6.45, 7) is 2.14. The van der Waals surface area contributed by atoms with Crippen LogP contribution in [0.2, 0.25) is 0 Å². The molecule has 2 heterocycles. The first-order valence-corrected chi connectivity index (χ1v) is 9.10.